The van der Waals surface area contributed by atoms with Gasteiger partial charge < -0.3 is 13.4 Å². The number of benzene rings is 8. The summed E-state index contributed by atoms with van der Waals surface area (Å²) in [5.41, 5.74) is 10.1. The Bertz CT molecular complexity index is 2950. The van der Waals surface area contributed by atoms with Crippen molar-refractivity contribution in [1.82, 2.24) is 0 Å². The van der Waals surface area contributed by atoms with Crippen LogP contribution in [0.25, 0.3) is 77.3 Å². The quantitative estimate of drug-likeness (QED) is 0.164. The maximum atomic E-state index is 15.1. The molecule has 246 valence electrons. The van der Waals surface area contributed by atoms with Crippen molar-refractivity contribution in [2.24, 2.45) is 0 Å². The molecule has 0 unspecified atom stereocenters. The summed E-state index contributed by atoms with van der Waals surface area (Å²) in [7, 11) is -3.11. The Morgan fingerprint density at radius 3 is 1.21 bits per heavy atom. The number of hydrogen-bond acceptors (Lipinski definition) is 3. The van der Waals surface area contributed by atoms with E-state index in [4.69, 9.17) is 8.83 Å². The monoisotopic (exact) mass is 686 g/mol. The summed E-state index contributed by atoms with van der Waals surface area (Å²) in [6.07, 6.45) is 0. The maximum absolute atomic E-state index is 15.1. The number of rotatable bonds is 6. The van der Waals surface area contributed by atoms with Gasteiger partial charge in [-0.05, 0) is 88.0 Å². The molecule has 0 N–H and O–H groups in total. The molecule has 0 bridgehead atoms. The van der Waals surface area contributed by atoms with Gasteiger partial charge >= 0.3 is 0 Å². The summed E-state index contributed by atoms with van der Waals surface area (Å²) in [5, 5.41) is 6.80. The van der Waals surface area contributed by atoms with Crippen LogP contribution in [0.5, 0.6) is 0 Å². The Morgan fingerprint density at radius 1 is 0.288 bits per heavy atom. The first-order valence-corrected chi connectivity index (χ1v) is 19.1. The van der Waals surface area contributed by atoms with Crippen LogP contribution in [0.4, 0.5) is 0 Å². The molecule has 4 heteroatoms. The van der Waals surface area contributed by atoms with Gasteiger partial charge in [-0.15, -0.1) is 0 Å². The van der Waals surface area contributed by atoms with Crippen LogP contribution in [-0.2, 0) is 4.57 Å². The minimum Gasteiger partial charge on any atom is -0.456 e. The van der Waals surface area contributed by atoms with E-state index in [1.165, 1.54) is 0 Å². The number of hydrogen-bond donors (Lipinski definition) is 0. The zero-order valence-electron chi connectivity index (χ0n) is 28.1. The molecule has 0 atom stereocenters. The van der Waals surface area contributed by atoms with Crippen LogP contribution in [0.3, 0.4) is 0 Å². The van der Waals surface area contributed by atoms with Crippen LogP contribution in [0.1, 0.15) is 0 Å². The van der Waals surface area contributed by atoms with E-state index in [9.17, 15) is 0 Å². The Balaban J connectivity index is 1.04. The molecule has 2 aromatic heterocycles. The van der Waals surface area contributed by atoms with E-state index in [2.05, 4.69) is 97.1 Å². The van der Waals surface area contributed by atoms with Crippen LogP contribution in [0.2, 0.25) is 0 Å². The van der Waals surface area contributed by atoms with E-state index in [0.29, 0.717) is 0 Å². The minimum atomic E-state index is -3.11. The molecule has 10 aromatic rings. The van der Waals surface area contributed by atoms with Crippen molar-refractivity contribution >= 4 is 66.9 Å². The molecule has 0 saturated heterocycles. The Morgan fingerprint density at radius 2 is 0.673 bits per heavy atom. The standard InChI is InChI=1S/C48H31O3P/c49-52(38-14-3-1-4-15-38,39-16-5-2-6-17-39)40-18-10-13-34(28-40)37-23-26-48-44(31-37)43-30-36(22-25-47(43)51-48)33-12-9-11-32(27-33)35-21-24-46-42(29-35)41-19-7-8-20-45(41)50-46/h1-31H. The van der Waals surface area contributed by atoms with Crippen LogP contribution in [-0.4, -0.2) is 0 Å². The van der Waals surface area contributed by atoms with Gasteiger partial charge in [0.25, 0.3) is 0 Å². The second-order valence-electron chi connectivity index (χ2n) is 13.2. The van der Waals surface area contributed by atoms with E-state index >= 15 is 4.57 Å². The normalized spacial score (nSPS) is 11.9. The van der Waals surface area contributed by atoms with Crippen LogP contribution >= 0.6 is 7.14 Å². The smallest absolute Gasteiger partial charge is 0.171 e. The van der Waals surface area contributed by atoms with Gasteiger partial charge in [0.15, 0.2) is 7.14 Å². The lowest BCUT2D eigenvalue weighted by Crippen LogP contribution is -2.25. The van der Waals surface area contributed by atoms with E-state index in [0.717, 1.165) is 93.2 Å². The average molecular weight is 687 g/mol. The second kappa shape index (κ2) is 12.1. The molecule has 0 spiro atoms. The number of furan rings is 2. The molecule has 0 radical (unpaired) electrons. The van der Waals surface area contributed by atoms with Crippen molar-refractivity contribution in [2.45, 2.75) is 0 Å². The zero-order valence-corrected chi connectivity index (χ0v) is 29.0. The topological polar surface area (TPSA) is 43.4 Å². The molecule has 3 nitrogen and oxygen atoms in total. The molecule has 0 amide bonds. The predicted molar refractivity (Wildman–Crippen MR) is 217 cm³/mol. The highest BCUT2D eigenvalue weighted by Gasteiger charge is 2.29. The van der Waals surface area contributed by atoms with Gasteiger partial charge in [-0.1, -0.05) is 133 Å². The molecule has 2 heterocycles. The van der Waals surface area contributed by atoms with Gasteiger partial charge in [-0.2, -0.15) is 0 Å². The third-order valence-electron chi connectivity index (χ3n) is 10.2. The molecule has 8 aromatic carbocycles. The minimum absolute atomic E-state index is 0.807. The van der Waals surface area contributed by atoms with Crippen molar-refractivity contribution in [2.75, 3.05) is 0 Å². The Hall–Kier alpha value is -6.41. The van der Waals surface area contributed by atoms with E-state index in [-0.39, 0.29) is 0 Å². The van der Waals surface area contributed by atoms with Crippen LogP contribution in [0, 0.1) is 0 Å². The Kier molecular flexibility index (Phi) is 7.09. The predicted octanol–water partition coefficient (Wildman–Crippen LogP) is 12.1. The highest BCUT2D eigenvalue weighted by molar-refractivity contribution is 7.85. The zero-order chi connectivity index (χ0) is 34.6. The molecule has 10 rings (SSSR count). The van der Waals surface area contributed by atoms with Gasteiger partial charge in [0.2, 0.25) is 0 Å². The summed E-state index contributed by atoms with van der Waals surface area (Å²) in [4.78, 5) is 0. The SMILES string of the molecule is O=P(c1ccccc1)(c1ccccc1)c1cccc(-c2ccc3oc4ccc(-c5cccc(-c6ccc7oc8ccccc8c7c6)c5)cc4c3c2)c1. The molecule has 0 aliphatic rings. The maximum Gasteiger partial charge on any atom is 0.171 e. The van der Waals surface area contributed by atoms with Gasteiger partial charge in [0.05, 0.1) is 0 Å². The number of fused-ring (bicyclic) bond motifs is 6. The van der Waals surface area contributed by atoms with E-state index < -0.39 is 7.14 Å². The third kappa shape index (κ3) is 5.01. The lowest BCUT2D eigenvalue weighted by molar-refractivity contribution is 0.592. The first kappa shape index (κ1) is 30.4. The van der Waals surface area contributed by atoms with Crippen LogP contribution in [0.15, 0.2) is 197 Å². The molecule has 0 aliphatic carbocycles. The summed E-state index contributed by atoms with van der Waals surface area (Å²) in [5.74, 6) is 0. The lowest BCUT2D eigenvalue weighted by Gasteiger charge is -2.20. The third-order valence-corrected chi connectivity index (χ3v) is 13.2. The molecule has 0 saturated carbocycles. The fourth-order valence-corrected chi connectivity index (χ4v) is 10.2. The fourth-order valence-electron chi connectivity index (χ4n) is 7.52. The van der Waals surface area contributed by atoms with Crippen molar-refractivity contribution in [3.05, 3.63) is 188 Å². The van der Waals surface area contributed by atoms with Gasteiger partial charge in [0.1, 0.15) is 22.3 Å². The fraction of sp³-hybridized carbons (Fsp3) is 0. The highest BCUT2D eigenvalue weighted by atomic mass is 31.2. The molecular formula is C48H31O3P. The van der Waals surface area contributed by atoms with Crippen molar-refractivity contribution in [3.63, 3.8) is 0 Å². The van der Waals surface area contributed by atoms with Crippen molar-refractivity contribution in [1.29, 1.82) is 0 Å². The molecular weight excluding hydrogens is 655 g/mol. The van der Waals surface area contributed by atoms with Crippen molar-refractivity contribution in [3.8, 4) is 33.4 Å². The van der Waals surface area contributed by atoms with Gasteiger partial charge in [-0.25, -0.2) is 0 Å². The van der Waals surface area contributed by atoms with E-state index in [1.54, 1.807) is 0 Å². The molecule has 52 heavy (non-hydrogen) atoms. The van der Waals surface area contributed by atoms with Gasteiger partial charge in [0, 0.05) is 37.5 Å². The summed E-state index contributed by atoms with van der Waals surface area (Å²) < 4.78 is 27.5. The second-order valence-corrected chi connectivity index (χ2v) is 16.0. The first-order chi connectivity index (χ1) is 25.6. The molecule has 0 fully saturated rings. The van der Waals surface area contributed by atoms with E-state index in [1.807, 2.05) is 91.0 Å². The average Bonchev–Trinajstić information content (AvgIpc) is 3.78. The van der Waals surface area contributed by atoms with Crippen molar-refractivity contribution < 1.29 is 13.4 Å². The summed E-state index contributed by atoms with van der Waals surface area (Å²) in [6, 6.07) is 63.9. The largest absolute Gasteiger partial charge is 0.456 e. The summed E-state index contributed by atoms with van der Waals surface area (Å²) in [6.45, 7) is 0. The summed E-state index contributed by atoms with van der Waals surface area (Å²) >= 11 is 0. The molecule has 0 aliphatic heterocycles. The first-order valence-electron chi connectivity index (χ1n) is 17.4. The number of para-hydroxylation sites is 1. The lowest BCUT2D eigenvalue weighted by atomic mass is 9.96. The highest BCUT2D eigenvalue weighted by Crippen LogP contribution is 2.43. The van der Waals surface area contributed by atoms with Gasteiger partial charge in [-0.3, -0.25) is 0 Å². The van der Waals surface area contributed by atoms with Crippen LogP contribution < -0.4 is 15.9 Å². The Labute approximate surface area is 300 Å².